The highest BCUT2D eigenvalue weighted by molar-refractivity contribution is 4.84. The predicted octanol–water partition coefficient (Wildman–Crippen LogP) is 1.14. The molecule has 2 saturated heterocycles. The summed E-state index contributed by atoms with van der Waals surface area (Å²) in [5.41, 5.74) is 0. The molecule has 0 aromatic carbocycles. The summed E-state index contributed by atoms with van der Waals surface area (Å²) >= 11 is 0. The van der Waals surface area contributed by atoms with Crippen molar-refractivity contribution >= 4 is 0 Å². The fourth-order valence-electron chi connectivity index (χ4n) is 3.05. The van der Waals surface area contributed by atoms with Crippen LogP contribution in [-0.2, 0) is 14.2 Å². The fourth-order valence-corrected chi connectivity index (χ4v) is 3.05. The standard InChI is InChI=1S/C14H28N2O3/c1-5-19-14(4,15-6-8-17-12(2)10-15)16-7-9-18-13(3)11-16/h12-13H,5-11H2,1-4H3. The predicted molar refractivity (Wildman–Crippen MR) is 74.0 cm³/mol. The van der Waals surface area contributed by atoms with Crippen molar-refractivity contribution in [1.82, 2.24) is 9.80 Å². The van der Waals surface area contributed by atoms with Crippen LogP contribution in [0.5, 0.6) is 0 Å². The summed E-state index contributed by atoms with van der Waals surface area (Å²) in [5.74, 6) is -0.342. The third-order valence-corrected chi connectivity index (χ3v) is 4.07. The fraction of sp³-hybridized carbons (Fsp3) is 1.00. The zero-order chi connectivity index (χ0) is 13.9. The Bertz CT molecular complexity index is 266. The Kier molecular flexibility index (Phi) is 5.20. The van der Waals surface area contributed by atoms with Crippen LogP contribution >= 0.6 is 0 Å². The Hall–Kier alpha value is -0.200. The van der Waals surface area contributed by atoms with E-state index in [0.717, 1.165) is 39.4 Å². The van der Waals surface area contributed by atoms with Gasteiger partial charge in [-0.3, -0.25) is 9.80 Å². The van der Waals surface area contributed by atoms with Gasteiger partial charge in [0, 0.05) is 32.8 Å². The van der Waals surface area contributed by atoms with E-state index in [4.69, 9.17) is 14.2 Å². The second-order valence-corrected chi connectivity index (χ2v) is 5.62. The van der Waals surface area contributed by atoms with Gasteiger partial charge in [0.1, 0.15) is 0 Å². The van der Waals surface area contributed by atoms with Crippen molar-refractivity contribution in [1.29, 1.82) is 0 Å². The third kappa shape index (κ3) is 3.47. The summed E-state index contributed by atoms with van der Waals surface area (Å²) in [6.07, 6.45) is 0.541. The highest BCUT2D eigenvalue weighted by Crippen LogP contribution is 2.26. The van der Waals surface area contributed by atoms with Crippen molar-refractivity contribution in [2.75, 3.05) is 46.0 Å². The molecule has 0 aromatic rings. The smallest absolute Gasteiger partial charge is 0.177 e. The SMILES string of the molecule is CCOC(C)(N1CCOC(C)C1)N1CCOC(C)C1. The summed E-state index contributed by atoms with van der Waals surface area (Å²) in [5, 5.41) is 0. The first-order valence-electron chi connectivity index (χ1n) is 7.43. The Morgan fingerprint density at radius 1 is 1.05 bits per heavy atom. The van der Waals surface area contributed by atoms with Crippen molar-refractivity contribution in [2.45, 2.75) is 45.8 Å². The molecular formula is C14H28N2O3. The van der Waals surface area contributed by atoms with Crippen molar-refractivity contribution < 1.29 is 14.2 Å². The van der Waals surface area contributed by atoms with Gasteiger partial charge in [-0.05, 0) is 27.7 Å². The lowest BCUT2D eigenvalue weighted by molar-refractivity contribution is -0.270. The van der Waals surface area contributed by atoms with Crippen molar-refractivity contribution in [3.05, 3.63) is 0 Å². The van der Waals surface area contributed by atoms with E-state index < -0.39 is 0 Å². The minimum absolute atomic E-state index is 0.270. The Morgan fingerprint density at radius 2 is 1.53 bits per heavy atom. The van der Waals surface area contributed by atoms with E-state index >= 15 is 0 Å². The lowest BCUT2D eigenvalue weighted by Crippen LogP contribution is -2.66. The van der Waals surface area contributed by atoms with Crippen LogP contribution in [0.25, 0.3) is 0 Å². The van der Waals surface area contributed by atoms with Gasteiger partial charge in [-0.1, -0.05) is 0 Å². The molecule has 0 radical (unpaired) electrons. The molecular weight excluding hydrogens is 244 g/mol. The minimum atomic E-state index is -0.342. The first-order chi connectivity index (χ1) is 9.06. The van der Waals surface area contributed by atoms with E-state index in [1.165, 1.54) is 0 Å². The number of ether oxygens (including phenoxy) is 3. The molecule has 2 rings (SSSR count). The molecule has 2 heterocycles. The molecule has 2 aliphatic heterocycles. The highest BCUT2D eigenvalue weighted by Gasteiger charge is 2.42. The quantitative estimate of drug-likeness (QED) is 0.766. The monoisotopic (exact) mass is 272 g/mol. The molecule has 0 bridgehead atoms. The van der Waals surface area contributed by atoms with Gasteiger partial charge in [0.15, 0.2) is 5.85 Å². The highest BCUT2D eigenvalue weighted by atomic mass is 16.5. The number of hydrogen-bond acceptors (Lipinski definition) is 5. The molecule has 2 atom stereocenters. The summed E-state index contributed by atoms with van der Waals surface area (Å²) in [4.78, 5) is 4.81. The van der Waals surface area contributed by atoms with E-state index in [0.29, 0.717) is 6.61 Å². The first-order valence-corrected chi connectivity index (χ1v) is 7.43. The summed E-state index contributed by atoms with van der Waals surface area (Å²) in [6, 6.07) is 0. The van der Waals surface area contributed by atoms with Gasteiger partial charge in [-0.2, -0.15) is 0 Å². The number of hydrogen-bond donors (Lipinski definition) is 0. The zero-order valence-corrected chi connectivity index (χ0v) is 12.7. The van der Waals surface area contributed by atoms with Crippen LogP contribution in [0.2, 0.25) is 0 Å². The van der Waals surface area contributed by atoms with E-state index in [-0.39, 0.29) is 18.1 Å². The summed E-state index contributed by atoms with van der Waals surface area (Å²) in [7, 11) is 0. The van der Waals surface area contributed by atoms with Gasteiger partial charge in [-0.15, -0.1) is 0 Å². The maximum Gasteiger partial charge on any atom is 0.177 e. The molecule has 5 nitrogen and oxygen atoms in total. The van der Waals surface area contributed by atoms with Crippen LogP contribution in [-0.4, -0.2) is 73.9 Å². The normalized spacial score (nSPS) is 34.1. The summed E-state index contributed by atoms with van der Waals surface area (Å²) < 4.78 is 17.4. The van der Waals surface area contributed by atoms with Crippen molar-refractivity contribution in [3.8, 4) is 0 Å². The van der Waals surface area contributed by atoms with E-state index in [2.05, 4.69) is 37.5 Å². The lowest BCUT2D eigenvalue weighted by Gasteiger charge is -2.51. The Balaban J connectivity index is 2.10. The molecule has 112 valence electrons. The molecule has 5 heteroatoms. The largest absolute Gasteiger partial charge is 0.376 e. The molecule has 0 aliphatic carbocycles. The molecule has 2 fully saturated rings. The minimum Gasteiger partial charge on any atom is -0.376 e. The van der Waals surface area contributed by atoms with Gasteiger partial charge in [0.25, 0.3) is 0 Å². The van der Waals surface area contributed by atoms with Crippen LogP contribution in [0.4, 0.5) is 0 Å². The molecule has 0 saturated carbocycles. The lowest BCUT2D eigenvalue weighted by atomic mass is 10.2. The van der Waals surface area contributed by atoms with Crippen molar-refractivity contribution in [3.63, 3.8) is 0 Å². The molecule has 2 unspecified atom stereocenters. The van der Waals surface area contributed by atoms with Crippen LogP contribution < -0.4 is 0 Å². The second-order valence-electron chi connectivity index (χ2n) is 5.62. The van der Waals surface area contributed by atoms with Gasteiger partial charge in [0.05, 0.1) is 25.4 Å². The number of nitrogens with zero attached hydrogens (tertiary/aromatic N) is 2. The molecule has 2 aliphatic rings. The average molecular weight is 272 g/mol. The molecule has 0 aromatic heterocycles. The molecule has 0 N–H and O–H groups in total. The van der Waals surface area contributed by atoms with Crippen LogP contribution in [0.15, 0.2) is 0 Å². The van der Waals surface area contributed by atoms with Gasteiger partial charge >= 0.3 is 0 Å². The van der Waals surface area contributed by atoms with E-state index in [1.807, 2.05) is 0 Å². The van der Waals surface area contributed by atoms with E-state index in [1.54, 1.807) is 0 Å². The van der Waals surface area contributed by atoms with Crippen LogP contribution in [0, 0.1) is 0 Å². The third-order valence-electron chi connectivity index (χ3n) is 4.07. The van der Waals surface area contributed by atoms with Gasteiger partial charge in [-0.25, -0.2) is 0 Å². The summed E-state index contributed by atoms with van der Waals surface area (Å²) in [6.45, 7) is 14.5. The molecule has 0 amide bonds. The topological polar surface area (TPSA) is 34.2 Å². The molecule has 19 heavy (non-hydrogen) atoms. The number of morpholine rings is 2. The van der Waals surface area contributed by atoms with E-state index in [9.17, 15) is 0 Å². The zero-order valence-electron chi connectivity index (χ0n) is 12.7. The van der Waals surface area contributed by atoms with Gasteiger partial charge in [0.2, 0.25) is 0 Å². The second kappa shape index (κ2) is 6.50. The van der Waals surface area contributed by atoms with Gasteiger partial charge < -0.3 is 14.2 Å². The van der Waals surface area contributed by atoms with Crippen LogP contribution in [0.1, 0.15) is 27.7 Å². The average Bonchev–Trinajstić information content (AvgIpc) is 2.39. The Labute approximate surface area is 116 Å². The molecule has 0 spiro atoms. The maximum atomic E-state index is 6.15. The maximum absolute atomic E-state index is 6.15. The van der Waals surface area contributed by atoms with Crippen LogP contribution in [0.3, 0.4) is 0 Å². The number of rotatable bonds is 4. The van der Waals surface area contributed by atoms with Crippen molar-refractivity contribution in [2.24, 2.45) is 0 Å². The Morgan fingerprint density at radius 3 is 1.89 bits per heavy atom. The first kappa shape index (κ1) is 15.2.